The molecule has 0 radical (unpaired) electrons. The molecule has 1 aliphatic rings. The average Bonchev–Trinajstić information content (AvgIpc) is 3.52. The lowest BCUT2D eigenvalue weighted by Crippen LogP contribution is -2.40. The molecule has 5 rings (SSSR count). The minimum Gasteiger partial charge on any atom is -0.359 e. The molecule has 1 aliphatic heterocycles. The van der Waals surface area contributed by atoms with Gasteiger partial charge in [-0.2, -0.15) is 0 Å². The fourth-order valence-electron chi connectivity index (χ4n) is 4.75. The minimum atomic E-state index is -0.992. The minimum absolute atomic E-state index is 0.0189. The number of halogens is 2. The highest BCUT2D eigenvalue weighted by atomic mass is 35.5. The highest BCUT2D eigenvalue weighted by Gasteiger charge is 2.30. The lowest BCUT2D eigenvalue weighted by Gasteiger charge is -2.24. The Kier molecular flexibility index (Phi) is 7.62. The number of hydrogen-bond donors (Lipinski definition) is 3. The largest absolute Gasteiger partial charge is 0.359 e. The molecule has 2 unspecified atom stereocenters. The molecule has 4 N–H and O–H groups in total. The molecule has 3 heterocycles. The summed E-state index contributed by atoms with van der Waals surface area (Å²) in [5.74, 6) is 1.54. The van der Waals surface area contributed by atoms with Gasteiger partial charge in [0.15, 0.2) is 0 Å². The topological polar surface area (TPSA) is 130 Å². The van der Waals surface area contributed by atoms with E-state index in [9.17, 15) is 9.00 Å². The fraction of sp³-hybridized carbons (Fsp3) is 0.360. The highest BCUT2D eigenvalue weighted by molar-refractivity contribution is 7.84. The first kappa shape index (κ1) is 25.8. The molecule has 0 aliphatic carbocycles. The normalized spacial score (nSPS) is 17.4. The Labute approximate surface area is 226 Å². The summed E-state index contributed by atoms with van der Waals surface area (Å²) in [5, 5.41) is 5.03. The van der Waals surface area contributed by atoms with Crippen molar-refractivity contribution in [1.29, 1.82) is 0 Å². The SMILES string of the molecule is CS(=O)CCC(Nc1ncnc2cc(C(=O)N3CCC[C@@H]3CN)c(Cl)cc12)c1nc2ccc(Cl)cc2[nH]1. The van der Waals surface area contributed by atoms with Crippen LogP contribution in [0.15, 0.2) is 36.7 Å². The van der Waals surface area contributed by atoms with Crippen molar-refractivity contribution in [1.82, 2.24) is 24.8 Å². The van der Waals surface area contributed by atoms with E-state index in [0.29, 0.717) is 63.4 Å². The maximum absolute atomic E-state index is 13.3. The summed E-state index contributed by atoms with van der Waals surface area (Å²) in [4.78, 5) is 31.9. The second-order valence-corrected chi connectivity index (χ2v) is 11.5. The molecule has 12 heteroatoms. The molecule has 37 heavy (non-hydrogen) atoms. The van der Waals surface area contributed by atoms with Crippen LogP contribution in [0.25, 0.3) is 21.9 Å². The van der Waals surface area contributed by atoms with Crippen LogP contribution in [0.4, 0.5) is 5.82 Å². The van der Waals surface area contributed by atoms with Gasteiger partial charge in [-0.25, -0.2) is 15.0 Å². The van der Waals surface area contributed by atoms with Gasteiger partial charge in [0.05, 0.1) is 33.2 Å². The second kappa shape index (κ2) is 10.9. The van der Waals surface area contributed by atoms with Gasteiger partial charge in [-0.1, -0.05) is 23.2 Å². The number of carbonyl (C=O) groups excluding carboxylic acids is 1. The van der Waals surface area contributed by atoms with Crippen molar-refractivity contribution < 1.29 is 9.00 Å². The summed E-state index contributed by atoms with van der Waals surface area (Å²) < 4.78 is 11.9. The number of likely N-dealkylation sites (tertiary alicyclic amines) is 1. The van der Waals surface area contributed by atoms with Crippen LogP contribution < -0.4 is 11.1 Å². The molecule has 194 valence electrons. The van der Waals surface area contributed by atoms with Crippen LogP contribution in [0.3, 0.4) is 0 Å². The fourth-order valence-corrected chi connectivity index (χ4v) is 5.74. The number of aromatic nitrogens is 4. The van der Waals surface area contributed by atoms with Crippen molar-refractivity contribution in [2.75, 3.05) is 30.4 Å². The van der Waals surface area contributed by atoms with E-state index in [4.69, 9.17) is 33.9 Å². The predicted octanol–water partition coefficient (Wildman–Crippen LogP) is 4.30. The van der Waals surface area contributed by atoms with Crippen molar-refractivity contribution in [2.24, 2.45) is 5.73 Å². The zero-order valence-corrected chi connectivity index (χ0v) is 22.5. The number of imidazole rings is 1. The zero-order chi connectivity index (χ0) is 26.1. The molecular weight excluding hydrogens is 533 g/mol. The first-order valence-electron chi connectivity index (χ1n) is 12.0. The number of aromatic amines is 1. The molecule has 9 nitrogen and oxygen atoms in total. The Balaban J connectivity index is 1.49. The van der Waals surface area contributed by atoms with Crippen LogP contribution >= 0.6 is 23.2 Å². The van der Waals surface area contributed by atoms with E-state index in [1.54, 1.807) is 29.4 Å². The van der Waals surface area contributed by atoms with Crippen molar-refractivity contribution in [3.8, 4) is 0 Å². The zero-order valence-electron chi connectivity index (χ0n) is 20.2. The standard InChI is InChI=1S/C25H27Cl2N7O2S/c1-37(36)8-6-20(24-31-19-5-4-14(26)9-22(19)33-24)32-23-17-10-18(27)16(11-21(17)29-13-30-23)25(35)34-7-2-3-15(34)12-28/h4-5,9-11,13,15,20H,2-3,6-8,12,28H2,1H3,(H,31,33)(H,29,30,32)/t15-,20?,37?/m1/s1. The van der Waals surface area contributed by atoms with E-state index in [1.165, 1.54) is 6.33 Å². The number of benzene rings is 2. The summed E-state index contributed by atoms with van der Waals surface area (Å²) in [7, 11) is -0.992. The lowest BCUT2D eigenvalue weighted by molar-refractivity contribution is 0.0741. The molecule has 3 atom stereocenters. The van der Waals surface area contributed by atoms with Gasteiger partial charge in [-0.15, -0.1) is 0 Å². The quantitative estimate of drug-likeness (QED) is 0.293. The van der Waals surface area contributed by atoms with Crippen LogP contribution in [0, 0.1) is 0 Å². The molecule has 0 spiro atoms. The Morgan fingerprint density at radius 3 is 2.89 bits per heavy atom. The number of carbonyl (C=O) groups is 1. The average molecular weight is 561 g/mol. The van der Waals surface area contributed by atoms with Crippen molar-refractivity contribution in [2.45, 2.75) is 31.3 Å². The molecule has 1 fully saturated rings. The maximum atomic E-state index is 13.3. The summed E-state index contributed by atoms with van der Waals surface area (Å²) in [6.45, 7) is 1.08. The number of nitrogens with two attached hydrogens (primary N) is 1. The first-order valence-corrected chi connectivity index (χ1v) is 14.5. The number of amides is 1. The van der Waals surface area contributed by atoms with Crippen LogP contribution in [-0.4, -0.2) is 66.1 Å². The molecule has 2 aromatic heterocycles. The van der Waals surface area contributed by atoms with E-state index < -0.39 is 10.8 Å². The molecule has 4 aromatic rings. The number of H-pyrrole nitrogens is 1. The number of nitrogens with zero attached hydrogens (tertiary/aromatic N) is 4. The van der Waals surface area contributed by atoms with Gasteiger partial charge in [0.25, 0.3) is 5.91 Å². The predicted molar refractivity (Wildman–Crippen MR) is 149 cm³/mol. The Bertz CT molecular complexity index is 1490. The Morgan fingerprint density at radius 1 is 1.27 bits per heavy atom. The van der Waals surface area contributed by atoms with Gasteiger partial charge >= 0.3 is 0 Å². The maximum Gasteiger partial charge on any atom is 0.255 e. The summed E-state index contributed by atoms with van der Waals surface area (Å²) in [6, 6.07) is 8.57. The lowest BCUT2D eigenvalue weighted by atomic mass is 10.1. The third-order valence-electron chi connectivity index (χ3n) is 6.66. The van der Waals surface area contributed by atoms with E-state index in [0.717, 1.165) is 23.9 Å². The Morgan fingerprint density at radius 2 is 2.11 bits per heavy atom. The first-order chi connectivity index (χ1) is 17.8. The molecular formula is C25H27Cl2N7O2S. The number of nitrogens with one attached hydrogen (secondary N) is 2. The van der Waals surface area contributed by atoms with Gasteiger partial charge in [-0.05, 0) is 49.6 Å². The van der Waals surface area contributed by atoms with Crippen LogP contribution in [-0.2, 0) is 10.8 Å². The smallest absolute Gasteiger partial charge is 0.255 e. The molecule has 1 amide bonds. The number of anilines is 1. The van der Waals surface area contributed by atoms with Crippen molar-refractivity contribution in [3.05, 3.63) is 58.1 Å². The number of rotatable bonds is 8. The van der Waals surface area contributed by atoms with Crippen LogP contribution in [0.1, 0.15) is 41.5 Å². The number of fused-ring (bicyclic) bond motifs is 2. The van der Waals surface area contributed by atoms with Gasteiger partial charge in [0.1, 0.15) is 18.0 Å². The molecule has 2 aromatic carbocycles. The number of hydrogen-bond acceptors (Lipinski definition) is 7. The molecule has 1 saturated heterocycles. The Hall–Kier alpha value is -2.79. The molecule has 0 bridgehead atoms. The summed E-state index contributed by atoms with van der Waals surface area (Å²) in [6.07, 6.45) is 5.47. The monoisotopic (exact) mass is 559 g/mol. The molecule has 0 saturated carbocycles. The van der Waals surface area contributed by atoms with E-state index in [-0.39, 0.29) is 18.0 Å². The van der Waals surface area contributed by atoms with Gasteiger partial charge in [-0.3, -0.25) is 9.00 Å². The van der Waals surface area contributed by atoms with Crippen LogP contribution in [0.2, 0.25) is 10.0 Å². The van der Waals surface area contributed by atoms with Crippen LogP contribution in [0.5, 0.6) is 0 Å². The van der Waals surface area contributed by atoms with E-state index in [1.807, 2.05) is 12.1 Å². The highest BCUT2D eigenvalue weighted by Crippen LogP contribution is 2.32. The van der Waals surface area contributed by atoms with E-state index >= 15 is 0 Å². The van der Waals surface area contributed by atoms with Gasteiger partial charge in [0.2, 0.25) is 0 Å². The second-order valence-electron chi connectivity index (χ2n) is 9.15. The summed E-state index contributed by atoms with van der Waals surface area (Å²) in [5.41, 5.74) is 8.44. The van der Waals surface area contributed by atoms with Gasteiger partial charge in [0, 0.05) is 52.3 Å². The van der Waals surface area contributed by atoms with E-state index in [2.05, 4.69) is 20.3 Å². The van der Waals surface area contributed by atoms with Crippen molar-refractivity contribution >= 4 is 67.7 Å². The third-order valence-corrected chi connectivity index (χ3v) is 8.02. The van der Waals surface area contributed by atoms with Gasteiger partial charge < -0.3 is 20.9 Å². The third kappa shape index (κ3) is 5.43. The summed E-state index contributed by atoms with van der Waals surface area (Å²) >= 11 is 12.8. The van der Waals surface area contributed by atoms with Crippen molar-refractivity contribution in [3.63, 3.8) is 0 Å².